The van der Waals surface area contributed by atoms with Crippen LogP contribution in [0.25, 0.3) is 0 Å². The first-order valence-corrected chi connectivity index (χ1v) is 6.64. The van der Waals surface area contributed by atoms with Gasteiger partial charge in [-0.3, -0.25) is 0 Å². The number of ether oxygens (including phenoxy) is 1. The molecule has 0 aliphatic carbocycles. The van der Waals surface area contributed by atoms with Gasteiger partial charge in [0.15, 0.2) is 0 Å². The summed E-state index contributed by atoms with van der Waals surface area (Å²) in [6.07, 6.45) is -0.584. The average Bonchev–Trinajstić information content (AvgIpc) is 2.38. The van der Waals surface area contributed by atoms with Crippen LogP contribution >= 0.6 is 0 Å². The summed E-state index contributed by atoms with van der Waals surface area (Å²) in [7, 11) is 0. The molecule has 0 aliphatic rings. The van der Waals surface area contributed by atoms with Crippen LogP contribution in [0.1, 0.15) is 35.3 Å². The van der Waals surface area contributed by atoms with Crippen LogP contribution < -0.4 is 4.74 Å². The molecule has 1 atom stereocenters. The topological polar surface area (TPSA) is 29.5 Å². The van der Waals surface area contributed by atoms with Gasteiger partial charge in [0, 0.05) is 5.56 Å². The van der Waals surface area contributed by atoms with Crippen LogP contribution in [-0.2, 0) is 6.61 Å². The molecule has 2 nitrogen and oxygen atoms in total. The van der Waals surface area contributed by atoms with E-state index in [1.165, 1.54) is 12.1 Å². The molecule has 0 aliphatic heterocycles. The zero-order chi connectivity index (χ0) is 14.7. The quantitative estimate of drug-likeness (QED) is 0.910. The standard InChI is InChI=1S/C17H19FO2/c1-11-4-7-17(16(8-11)13(3)19)20-10-14-5-6-15(18)9-12(14)2/h4-9,13,19H,10H2,1-3H3/t13-/m0/s1. The molecule has 0 spiro atoms. The molecular formula is C17H19FO2. The summed E-state index contributed by atoms with van der Waals surface area (Å²) in [6.45, 7) is 5.89. The smallest absolute Gasteiger partial charge is 0.125 e. The summed E-state index contributed by atoms with van der Waals surface area (Å²) in [6, 6.07) is 10.4. The van der Waals surface area contributed by atoms with Crippen molar-refractivity contribution in [2.45, 2.75) is 33.5 Å². The van der Waals surface area contributed by atoms with Gasteiger partial charge in [0.05, 0.1) is 6.10 Å². The normalized spacial score (nSPS) is 12.2. The highest BCUT2D eigenvalue weighted by molar-refractivity contribution is 5.38. The molecule has 2 rings (SSSR count). The summed E-state index contributed by atoms with van der Waals surface area (Å²) in [4.78, 5) is 0. The minimum atomic E-state index is -0.584. The van der Waals surface area contributed by atoms with Crippen molar-refractivity contribution in [1.82, 2.24) is 0 Å². The molecule has 0 radical (unpaired) electrons. The van der Waals surface area contributed by atoms with Crippen molar-refractivity contribution in [2.75, 3.05) is 0 Å². The van der Waals surface area contributed by atoms with E-state index in [2.05, 4.69) is 0 Å². The lowest BCUT2D eigenvalue weighted by Gasteiger charge is -2.15. The van der Waals surface area contributed by atoms with Crippen molar-refractivity contribution in [3.8, 4) is 5.75 Å². The zero-order valence-corrected chi connectivity index (χ0v) is 12.0. The number of hydrogen-bond donors (Lipinski definition) is 1. The van der Waals surface area contributed by atoms with E-state index >= 15 is 0 Å². The molecule has 2 aromatic rings. The fraction of sp³-hybridized carbons (Fsp3) is 0.294. The molecule has 0 amide bonds. The number of rotatable bonds is 4. The molecule has 2 aromatic carbocycles. The van der Waals surface area contributed by atoms with Gasteiger partial charge in [0.1, 0.15) is 18.2 Å². The maximum absolute atomic E-state index is 13.1. The van der Waals surface area contributed by atoms with E-state index in [0.717, 1.165) is 22.3 Å². The van der Waals surface area contributed by atoms with Crippen molar-refractivity contribution in [1.29, 1.82) is 0 Å². The van der Waals surface area contributed by atoms with Gasteiger partial charge < -0.3 is 9.84 Å². The largest absolute Gasteiger partial charge is 0.489 e. The zero-order valence-electron chi connectivity index (χ0n) is 12.0. The second-order valence-electron chi connectivity index (χ2n) is 5.08. The van der Waals surface area contributed by atoms with Gasteiger partial charge in [-0.25, -0.2) is 4.39 Å². The Labute approximate surface area is 118 Å². The Morgan fingerprint density at radius 3 is 2.55 bits per heavy atom. The summed E-state index contributed by atoms with van der Waals surface area (Å²) in [5, 5.41) is 9.79. The van der Waals surface area contributed by atoms with Crippen LogP contribution in [0.5, 0.6) is 5.75 Å². The first-order valence-electron chi connectivity index (χ1n) is 6.64. The van der Waals surface area contributed by atoms with E-state index in [1.807, 2.05) is 32.0 Å². The predicted octanol–water partition coefficient (Wildman–Crippen LogP) is 4.07. The highest BCUT2D eigenvalue weighted by Gasteiger charge is 2.10. The third-order valence-electron chi connectivity index (χ3n) is 3.30. The third-order valence-corrected chi connectivity index (χ3v) is 3.30. The number of halogens is 1. The van der Waals surface area contributed by atoms with E-state index in [9.17, 15) is 9.50 Å². The van der Waals surface area contributed by atoms with Gasteiger partial charge in [0.2, 0.25) is 0 Å². The van der Waals surface area contributed by atoms with Crippen molar-refractivity contribution in [3.63, 3.8) is 0 Å². The maximum Gasteiger partial charge on any atom is 0.125 e. The molecule has 0 bridgehead atoms. The van der Waals surface area contributed by atoms with Gasteiger partial charge in [-0.15, -0.1) is 0 Å². The van der Waals surface area contributed by atoms with E-state index in [-0.39, 0.29) is 5.82 Å². The SMILES string of the molecule is Cc1ccc(OCc2ccc(F)cc2C)c([C@H](C)O)c1. The Morgan fingerprint density at radius 1 is 1.15 bits per heavy atom. The second-order valence-corrected chi connectivity index (χ2v) is 5.08. The first-order chi connectivity index (χ1) is 9.47. The van der Waals surface area contributed by atoms with E-state index in [1.54, 1.807) is 13.0 Å². The van der Waals surface area contributed by atoms with E-state index in [4.69, 9.17) is 4.74 Å². The molecule has 3 heteroatoms. The lowest BCUT2D eigenvalue weighted by Crippen LogP contribution is -2.03. The maximum atomic E-state index is 13.1. The summed E-state index contributed by atoms with van der Waals surface area (Å²) in [5.74, 6) is 0.417. The third kappa shape index (κ3) is 3.36. The molecule has 0 saturated heterocycles. The molecule has 0 unspecified atom stereocenters. The number of aliphatic hydroxyl groups is 1. The minimum absolute atomic E-state index is 0.244. The second kappa shape index (κ2) is 6.06. The van der Waals surface area contributed by atoms with Gasteiger partial charge in [-0.1, -0.05) is 17.7 Å². The number of aryl methyl sites for hydroxylation is 2. The highest BCUT2D eigenvalue weighted by Crippen LogP contribution is 2.27. The predicted molar refractivity (Wildman–Crippen MR) is 77.3 cm³/mol. The lowest BCUT2D eigenvalue weighted by atomic mass is 10.1. The van der Waals surface area contributed by atoms with Crippen LogP contribution in [0.3, 0.4) is 0 Å². The Morgan fingerprint density at radius 2 is 1.90 bits per heavy atom. The number of benzene rings is 2. The van der Waals surface area contributed by atoms with Gasteiger partial charge in [-0.05, 0) is 56.2 Å². The average molecular weight is 274 g/mol. The van der Waals surface area contributed by atoms with Crippen LogP contribution in [0, 0.1) is 19.7 Å². The molecule has 20 heavy (non-hydrogen) atoms. The van der Waals surface area contributed by atoms with Crippen molar-refractivity contribution in [3.05, 3.63) is 64.5 Å². The van der Waals surface area contributed by atoms with Gasteiger partial charge >= 0.3 is 0 Å². The number of hydrogen-bond acceptors (Lipinski definition) is 2. The number of aliphatic hydroxyl groups excluding tert-OH is 1. The fourth-order valence-corrected chi connectivity index (χ4v) is 2.10. The van der Waals surface area contributed by atoms with Crippen LogP contribution in [0.15, 0.2) is 36.4 Å². The summed E-state index contributed by atoms with van der Waals surface area (Å²) >= 11 is 0. The van der Waals surface area contributed by atoms with Crippen molar-refractivity contribution >= 4 is 0 Å². The fourth-order valence-electron chi connectivity index (χ4n) is 2.10. The summed E-state index contributed by atoms with van der Waals surface area (Å²) in [5.41, 5.74) is 3.63. The van der Waals surface area contributed by atoms with Crippen molar-refractivity contribution in [2.24, 2.45) is 0 Å². The van der Waals surface area contributed by atoms with Crippen molar-refractivity contribution < 1.29 is 14.2 Å². The van der Waals surface area contributed by atoms with Crippen LogP contribution in [0.2, 0.25) is 0 Å². The lowest BCUT2D eigenvalue weighted by molar-refractivity contribution is 0.190. The monoisotopic (exact) mass is 274 g/mol. The van der Waals surface area contributed by atoms with Crippen LogP contribution in [0.4, 0.5) is 4.39 Å². The molecule has 106 valence electrons. The Balaban J connectivity index is 2.18. The summed E-state index contributed by atoms with van der Waals surface area (Å²) < 4.78 is 18.8. The van der Waals surface area contributed by atoms with E-state index in [0.29, 0.717) is 12.4 Å². The van der Waals surface area contributed by atoms with E-state index < -0.39 is 6.10 Å². The molecule has 0 heterocycles. The van der Waals surface area contributed by atoms with Gasteiger partial charge in [-0.2, -0.15) is 0 Å². The Kier molecular flexibility index (Phi) is 4.40. The molecule has 0 saturated carbocycles. The molecular weight excluding hydrogens is 255 g/mol. The van der Waals surface area contributed by atoms with Crippen LogP contribution in [-0.4, -0.2) is 5.11 Å². The Bertz CT molecular complexity index is 606. The molecule has 0 aromatic heterocycles. The first kappa shape index (κ1) is 14.5. The minimum Gasteiger partial charge on any atom is -0.489 e. The highest BCUT2D eigenvalue weighted by atomic mass is 19.1. The molecule has 1 N–H and O–H groups in total. The Hall–Kier alpha value is -1.87. The van der Waals surface area contributed by atoms with Gasteiger partial charge in [0.25, 0.3) is 0 Å². The molecule has 0 fully saturated rings.